The second-order valence-electron chi connectivity index (χ2n) is 5.98. The van der Waals surface area contributed by atoms with Crippen LogP contribution in [0.2, 0.25) is 0 Å². The highest BCUT2D eigenvalue weighted by molar-refractivity contribution is 9.10. The van der Waals surface area contributed by atoms with Crippen LogP contribution in [0.15, 0.2) is 53.0 Å². The molecule has 0 bridgehead atoms. The van der Waals surface area contributed by atoms with E-state index >= 15 is 0 Å². The Morgan fingerprint density at radius 1 is 1.12 bits per heavy atom. The number of carbonyl (C=O) groups excluding carboxylic acids is 2. The zero-order valence-electron chi connectivity index (χ0n) is 14.3. The molecule has 2 aromatic carbocycles. The van der Waals surface area contributed by atoms with E-state index in [0.717, 1.165) is 10.9 Å². The molecule has 25 heavy (non-hydrogen) atoms. The van der Waals surface area contributed by atoms with Crippen LogP contribution in [0.5, 0.6) is 0 Å². The van der Waals surface area contributed by atoms with Crippen LogP contribution in [0.25, 0.3) is 0 Å². The number of carbonyl (C=O) groups is 2. The lowest BCUT2D eigenvalue weighted by molar-refractivity contribution is -0.713. The smallest absolute Gasteiger partial charge is 0.282 e. The molecule has 2 amide bonds. The number of benzene rings is 2. The van der Waals surface area contributed by atoms with Crippen LogP contribution in [0.4, 0.5) is 5.69 Å². The van der Waals surface area contributed by atoms with Crippen LogP contribution in [0, 0.1) is 0 Å². The average molecular weight is 405 g/mol. The average Bonchev–Trinajstić information content (AvgIpc) is 2.60. The highest BCUT2D eigenvalue weighted by atomic mass is 79.9. The van der Waals surface area contributed by atoms with E-state index in [0.29, 0.717) is 11.3 Å². The van der Waals surface area contributed by atoms with E-state index in [-0.39, 0.29) is 18.0 Å². The van der Waals surface area contributed by atoms with E-state index in [1.807, 2.05) is 19.1 Å². The fourth-order valence-corrected chi connectivity index (χ4v) is 2.87. The van der Waals surface area contributed by atoms with Gasteiger partial charge in [0.1, 0.15) is 6.04 Å². The van der Waals surface area contributed by atoms with Crippen LogP contribution in [-0.4, -0.2) is 17.9 Å². The number of primary amides is 1. The monoisotopic (exact) mass is 404 g/mol. The lowest BCUT2D eigenvalue weighted by Gasteiger charge is -2.19. The zero-order valence-corrected chi connectivity index (χ0v) is 15.9. The Morgan fingerprint density at radius 3 is 2.24 bits per heavy atom. The van der Waals surface area contributed by atoms with Gasteiger partial charge in [-0.25, -0.2) is 0 Å². The van der Waals surface area contributed by atoms with Gasteiger partial charge in [0, 0.05) is 27.7 Å². The first-order valence-electron chi connectivity index (χ1n) is 8.22. The van der Waals surface area contributed by atoms with Crippen LogP contribution in [-0.2, 0) is 4.79 Å². The van der Waals surface area contributed by atoms with E-state index in [2.05, 4.69) is 45.6 Å². The highest BCUT2D eigenvalue weighted by Gasteiger charge is 2.22. The number of quaternary nitrogens is 1. The van der Waals surface area contributed by atoms with Crippen LogP contribution < -0.4 is 16.4 Å². The quantitative estimate of drug-likeness (QED) is 0.661. The summed E-state index contributed by atoms with van der Waals surface area (Å²) in [5.41, 5.74) is 7.47. The molecule has 0 unspecified atom stereocenters. The number of anilines is 1. The summed E-state index contributed by atoms with van der Waals surface area (Å²) in [5, 5.41) is 4.93. The van der Waals surface area contributed by atoms with Gasteiger partial charge in [0.15, 0.2) is 6.04 Å². The molecule has 0 spiro atoms. The van der Waals surface area contributed by atoms with Crippen molar-refractivity contribution in [1.29, 1.82) is 0 Å². The number of rotatable bonds is 7. The van der Waals surface area contributed by atoms with Gasteiger partial charge in [-0.2, -0.15) is 0 Å². The van der Waals surface area contributed by atoms with Gasteiger partial charge in [-0.3, -0.25) is 9.59 Å². The summed E-state index contributed by atoms with van der Waals surface area (Å²) in [6.45, 7) is 3.99. The molecule has 6 heteroatoms. The molecule has 0 aliphatic heterocycles. The Bertz CT molecular complexity index is 729. The minimum Gasteiger partial charge on any atom is -0.366 e. The Morgan fingerprint density at radius 2 is 1.72 bits per heavy atom. The van der Waals surface area contributed by atoms with Crippen molar-refractivity contribution in [3.63, 3.8) is 0 Å². The SMILES string of the molecule is CC[C@@H]([NH2+][C@H](C)C(=O)Nc1ccc(C(N)=O)cc1)c1ccc(Br)cc1. The fraction of sp³-hybridized carbons (Fsp3) is 0.263. The molecule has 5 nitrogen and oxygen atoms in total. The van der Waals surface area contributed by atoms with Crippen molar-refractivity contribution < 1.29 is 14.9 Å². The predicted molar refractivity (Wildman–Crippen MR) is 102 cm³/mol. The molecule has 2 rings (SSSR count). The molecule has 0 fully saturated rings. The van der Waals surface area contributed by atoms with E-state index in [1.165, 1.54) is 5.56 Å². The second kappa shape index (κ2) is 8.78. The summed E-state index contributed by atoms with van der Waals surface area (Å²) in [7, 11) is 0. The molecule has 132 valence electrons. The van der Waals surface area contributed by atoms with Gasteiger partial charge in [-0.05, 0) is 43.3 Å². The second-order valence-corrected chi connectivity index (χ2v) is 6.89. The Labute approximate surface area is 156 Å². The molecular formula is C19H23BrN3O2+. The predicted octanol–water partition coefficient (Wildman–Crippen LogP) is 2.59. The zero-order chi connectivity index (χ0) is 18.4. The molecule has 5 N–H and O–H groups in total. The highest BCUT2D eigenvalue weighted by Crippen LogP contribution is 2.17. The molecule has 0 radical (unpaired) electrons. The van der Waals surface area contributed by atoms with Gasteiger partial charge in [-0.1, -0.05) is 35.0 Å². The van der Waals surface area contributed by atoms with E-state index in [1.54, 1.807) is 24.3 Å². The standard InChI is InChI=1S/C19H22BrN3O2/c1-3-17(13-4-8-15(20)9-5-13)22-12(2)19(25)23-16-10-6-14(7-11-16)18(21)24/h4-12,17,22H,3H2,1-2H3,(H2,21,24)(H,23,25)/p+1/t12-,17-/m1/s1. The lowest BCUT2D eigenvalue weighted by atomic mass is 10.0. The fourth-order valence-electron chi connectivity index (χ4n) is 2.60. The van der Waals surface area contributed by atoms with E-state index in [9.17, 15) is 9.59 Å². The largest absolute Gasteiger partial charge is 0.366 e. The van der Waals surface area contributed by atoms with Gasteiger partial charge < -0.3 is 16.4 Å². The number of nitrogens with one attached hydrogen (secondary N) is 1. The van der Waals surface area contributed by atoms with Gasteiger partial charge >= 0.3 is 0 Å². The lowest BCUT2D eigenvalue weighted by Crippen LogP contribution is -2.92. The summed E-state index contributed by atoms with van der Waals surface area (Å²) < 4.78 is 1.04. The first-order valence-corrected chi connectivity index (χ1v) is 9.01. The number of amides is 2. The maximum Gasteiger partial charge on any atom is 0.282 e. The van der Waals surface area contributed by atoms with Crippen molar-refractivity contribution in [2.24, 2.45) is 5.73 Å². The van der Waals surface area contributed by atoms with Gasteiger partial charge in [0.2, 0.25) is 5.91 Å². The Balaban J connectivity index is 1.98. The van der Waals surface area contributed by atoms with Crippen LogP contribution in [0.1, 0.15) is 42.2 Å². The number of nitrogens with two attached hydrogens (primary N) is 2. The molecule has 2 atom stereocenters. The number of hydrogen-bond acceptors (Lipinski definition) is 2. The van der Waals surface area contributed by atoms with Crippen molar-refractivity contribution in [1.82, 2.24) is 0 Å². The summed E-state index contributed by atoms with van der Waals surface area (Å²) in [6.07, 6.45) is 0.923. The van der Waals surface area contributed by atoms with Crippen molar-refractivity contribution in [2.75, 3.05) is 5.32 Å². The number of hydrogen-bond donors (Lipinski definition) is 3. The van der Waals surface area contributed by atoms with Gasteiger partial charge in [0.05, 0.1) is 0 Å². The summed E-state index contributed by atoms with van der Waals surface area (Å²) >= 11 is 3.44. The maximum absolute atomic E-state index is 12.4. The van der Waals surface area contributed by atoms with Gasteiger partial charge in [-0.15, -0.1) is 0 Å². The third-order valence-corrected chi connectivity index (χ3v) is 4.64. The van der Waals surface area contributed by atoms with Crippen LogP contribution >= 0.6 is 15.9 Å². The number of halogens is 1. The van der Waals surface area contributed by atoms with Crippen molar-refractivity contribution in [2.45, 2.75) is 32.4 Å². The Kier molecular flexibility index (Phi) is 6.73. The molecule has 0 aromatic heterocycles. The molecule has 0 heterocycles. The van der Waals surface area contributed by atoms with E-state index < -0.39 is 5.91 Å². The summed E-state index contributed by atoms with van der Waals surface area (Å²) in [6, 6.07) is 14.7. The minimum absolute atomic E-state index is 0.0811. The van der Waals surface area contributed by atoms with Crippen molar-refractivity contribution in [3.8, 4) is 0 Å². The summed E-state index contributed by atoms with van der Waals surface area (Å²) in [5.74, 6) is -0.567. The topological polar surface area (TPSA) is 88.8 Å². The third kappa shape index (κ3) is 5.41. The molecule has 2 aromatic rings. The maximum atomic E-state index is 12.4. The minimum atomic E-state index is -0.486. The molecule has 0 saturated carbocycles. The normalized spacial score (nSPS) is 13.1. The summed E-state index contributed by atoms with van der Waals surface area (Å²) in [4.78, 5) is 23.5. The molecule has 0 aliphatic carbocycles. The third-order valence-electron chi connectivity index (χ3n) is 4.11. The van der Waals surface area contributed by atoms with Crippen molar-refractivity contribution >= 4 is 33.4 Å². The molecule has 0 aliphatic rings. The Hall–Kier alpha value is -2.18. The first-order chi connectivity index (χ1) is 11.9. The first kappa shape index (κ1) is 19.1. The van der Waals surface area contributed by atoms with Crippen LogP contribution in [0.3, 0.4) is 0 Å². The van der Waals surface area contributed by atoms with Gasteiger partial charge in [0.25, 0.3) is 5.91 Å². The van der Waals surface area contributed by atoms with Crippen molar-refractivity contribution in [3.05, 3.63) is 64.1 Å². The van der Waals surface area contributed by atoms with E-state index in [4.69, 9.17) is 5.73 Å². The molecular weight excluding hydrogens is 382 g/mol. The molecule has 0 saturated heterocycles.